The van der Waals surface area contributed by atoms with Crippen LogP contribution in [0.15, 0.2) is 42.5 Å². The van der Waals surface area contributed by atoms with E-state index in [2.05, 4.69) is 24.0 Å². The van der Waals surface area contributed by atoms with Gasteiger partial charge in [0.05, 0.1) is 6.10 Å². The first-order chi connectivity index (χ1) is 10.1. The fourth-order valence-electron chi connectivity index (χ4n) is 3.13. The number of benzene rings is 2. The van der Waals surface area contributed by atoms with Gasteiger partial charge in [0, 0.05) is 23.0 Å². The summed E-state index contributed by atoms with van der Waals surface area (Å²) in [5, 5.41) is 10.0. The molecule has 0 aromatic heterocycles. The molecule has 2 nitrogen and oxygen atoms in total. The summed E-state index contributed by atoms with van der Waals surface area (Å²) in [4.78, 5) is 2.22. The Bertz CT molecular complexity index is 653. The number of aliphatic hydroxyl groups is 1. The molecule has 0 fully saturated rings. The normalized spacial score (nSPS) is 19.2. The number of halogens is 1. The molecule has 1 unspecified atom stereocenters. The van der Waals surface area contributed by atoms with Gasteiger partial charge >= 0.3 is 0 Å². The first-order valence-electron chi connectivity index (χ1n) is 7.42. The molecule has 0 amide bonds. The molecule has 1 aliphatic rings. The molecule has 0 saturated heterocycles. The lowest BCUT2D eigenvalue weighted by molar-refractivity contribution is 0.199. The third kappa shape index (κ3) is 2.54. The lowest BCUT2D eigenvalue weighted by Crippen LogP contribution is -2.34. The number of para-hydroxylation sites is 1. The number of anilines is 2. The Kier molecular flexibility index (Phi) is 3.68. The van der Waals surface area contributed by atoms with Gasteiger partial charge in [-0.15, -0.1) is 0 Å². The van der Waals surface area contributed by atoms with Crippen molar-refractivity contribution in [2.24, 2.45) is 0 Å². The van der Waals surface area contributed by atoms with Gasteiger partial charge in [-0.3, -0.25) is 0 Å². The SMILES string of the molecule is CC1CCc2ccccc2N1c1ccc(F)cc1[C@@H](C)O. The maximum absolute atomic E-state index is 13.5. The van der Waals surface area contributed by atoms with Crippen LogP contribution in [0.4, 0.5) is 15.8 Å². The fraction of sp³-hybridized carbons (Fsp3) is 0.333. The number of hydrogen-bond donors (Lipinski definition) is 1. The lowest BCUT2D eigenvalue weighted by Gasteiger charge is -2.38. The summed E-state index contributed by atoms with van der Waals surface area (Å²) in [5.74, 6) is -0.312. The molecule has 0 radical (unpaired) electrons. The fourth-order valence-corrected chi connectivity index (χ4v) is 3.13. The van der Waals surface area contributed by atoms with E-state index in [1.54, 1.807) is 13.0 Å². The number of aryl methyl sites for hydroxylation is 1. The summed E-state index contributed by atoms with van der Waals surface area (Å²) in [6, 6.07) is 13.3. The van der Waals surface area contributed by atoms with Crippen LogP contribution in [-0.2, 0) is 6.42 Å². The second-order valence-electron chi connectivity index (χ2n) is 5.77. The summed E-state index contributed by atoms with van der Waals surface area (Å²) in [5.41, 5.74) is 3.99. The lowest BCUT2D eigenvalue weighted by atomic mass is 9.94. The van der Waals surface area contributed by atoms with Crippen LogP contribution < -0.4 is 4.90 Å². The van der Waals surface area contributed by atoms with E-state index in [4.69, 9.17) is 0 Å². The predicted molar refractivity (Wildman–Crippen MR) is 83.4 cm³/mol. The molecule has 21 heavy (non-hydrogen) atoms. The minimum atomic E-state index is -0.697. The van der Waals surface area contributed by atoms with E-state index in [0.717, 1.165) is 24.2 Å². The van der Waals surface area contributed by atoms with Crippen LogP contribution in [0.5, 0.6) is 0 Å². The second-order valence-corrected chi connectivity index (χ2v) is 5.77. The molecule has 2 aromatic rings. The zero-order valence-corrected chi connectivity index (χ0v) is 12.4. The molecule has 3 rings (SSSR count). The van der Waals surface area contributed by atoms with Crippen LogP contribution >= 0.6 is 0 Å². The summed E-state index contributed by atoms with van der Waals surface area (Å²) in [6.07, 6.45) is 1.41. The van der Waals surface area contributed by atoms with Gasteiger partial charge in [0.2, 0.25) is 0 Å². The van der Waals surface area contributed by atoms with E-state index in [-0.39, 0.29) is 5.82 Å². The van der Waals surface area contributed by atoms with E-state index in [0.29, 0.717) is 11.6 Å². The molecule has 0 spiro atoms. The van der Waals surface area contributed by atoms with Crippen molar-refractivity contribution in [1.82, 2.24) is 0 Å². The summed E-state index contributed by atoms with van der Waals surface area (Å²) in [7, 11) is 0. The zero-order valence-electron chi connectivity index (χ0n) is 12.4. The highest BCUT2D eigenvalue weighted by molar-refractivity contribution is 5.71. The van der Waals surface area contributed by atoms with Crippen LogP contribution in [0.2, 0.25) is 0 Å². The van der Waals surface area contributed by atoms with Gasteiger partial charge in [0.25, 0.3) is 0 Å². The first kappa shape index (κ1) is 14.1. The van der Waals surface area contributed by atoms with Crippen molar-refractivity contribution in [3.8, 4) is 0 Å². The van der Waals surface area contributed by atoms with Gasteiger partial charge in [-0.25, -0.2) is 4.39 Å². The van der Waals surface area contributed by atoms with Crippen molar-refractivity contribution in [1.29, 1.82) is 0 Å². The van der Waals surface area contributed by atoms with Gasteiger partial charge in [-0.1, -0.05) is 18.2 Å². The third-order valence-electron chi connectivity index (χ3n) is 4.22. The Morgan fingerprint density at radius 2 is 1.95 bits per heavy atom. The Morgan fingerprint density at radius 1 is 1.19 bits per heavy atom. The zero-order chi connectivity index (χ0) is 15.0. The molecule has 2 aromatic carbocycles. The van der Waals surface area contributed by atoms with Gasteiger partial charge < -0.3 is 10.0 Å². The molecular formula is C18H20FNO. The average Bonchev–Trinajstić information content (AvgIpc) is 2.47. The highest BCUT2D eigenvalue weighted by Gasteiger charge is 2.26. The minimum Gasteiger partial charge on any atom is -0.389 e. The van der Waals surface area contributed by atoms with Crippen molar-refractivity contribution in [2.45, 2.75) is 38.8 Å². The third-order valence-corrected chi connectivity index (χ3v) is 4.22. The van der Waals surface area contributed by atoms with Crippen molar-refractivity contribution >= 4 is 11.4 Å². The number of fused-ring (bicyclic) bond motifs is 1. The molecule has 1 N–H and O–H groups in total. The van der Waals surface area contributed by atoms with Crippen LogP contribution in [0.3, 0.4) is 0 Å². The standard InChI is InChI=1S/C18H20FNO/c1-12-7-8-14-5-3-4-6-17(14)20(12)18-10-9-15(19)11-16(18)13(2)21/h3-6,9-13,21H,7-8H2,1-2H3/t12?,13-/m1/s1. The van der Waals surface area contributed by atoms with E-state index in [9.17, 15) is 9.50 Å². The van der Waals surface area contributed by atoms with Crippen LogP contribution in [0.25, 0.3) is 0 Å². The largest absolute Gasteiger partial charge is 0.389 e. The second kappa shape index (κ2) is 5.49. The molecule has 2 atom stereocenters. The molecule has 3 heteroatoms. The first-order valence-corrected chi connectivity index (χ1v) is 7.42. The Labute approximate surface area is 124 Å². The highest BCUT2D eigenvalue weighted by Crippen LogP contribution is 2.40. The Balaban J connectivity index is 2.16. The van der Waals surface area contributed by atoms with E-state index in [1.165, 1.54) is 17.7 Å². The maximum Gasteiger partial charge on any atom is 0.123 e. The number of hydrogen-bond acceptors (Lipinski definition) is 2. The van der Waals surface area contributed by atoms with Crippen molar-refractivity contribution in [3.05, 3.63) is 59.4 Å². The summed E-state index contributed by atoms with van der Waals surface area (Å²) in [6.45, 7) is 3.85. The number of aliphatic hydroxyl groups excluding tert-OH is 1. The summed E-state index contributed by atoms with van der Waals surface area (Å²) < 4.78 is 13.5. The van der Waals surface area contributed by atoms with E-state index >= 15 is 0 Å². The van der Waals surface area contributed by atoms with Crippen molar-refractivity contribution < 1.29 is 9.50 Å². The average molecular weight is 285 g/mol. The highest BCUT2D eigenvalue weighted by atomic mass is 19.1. The van der Waals surface area contributed by atoms with Crippen LogP contribution in [0.1, 0.15) is 37.5 Å². The molecule has 0 saturated carbocycles. The minimum absolute atomic E-state index is 0.312. The Morgan fingerprint density at radius 3 is 2.71 bits per heavy atom. The van der Waals surface area contributed by atoms with Crippen LogP contribution in [-0.4, -0.2) is 11.1 Å². The molecule has 110 valence electrons. The van der Waals surface area contributed by atoms with Gasteiger partial charge in [0.1, 0.15) is 5.82 Å². The molecule has 1 aliphatic heterocycles. The molecular weight excluding hydrogens is 265 g/mol. The number of nitrogens with zero attached hydrogens (tertiary/aromatic N) is 1. The quantitative estimate of drug-likeness (QED) is 0.886. The van der Waals surface area contributed by atoms with Crippen LogP contribution in [0, 0.1) is 5.82 Å². The van der Waals surface area contributed by atoms with Gasteiger partial charge in [-0.2, -0.15) is 0 Å². The van der Waals surface area contributed by atoms with Gasteiger partial charge in [0.15, 0.2) is 0 Å². The molecule has 0 aliphatic carbocycles. The molecule has 1 heterocycles. The van der Waals surface area contributed by atoms with Crippen molar-refractivity contribution in [2.75, 3.05) is 4.90 Å². The van der Waals surface area contributed by atoms with E-state index in [1.807, 2.05) is 12.1 Å². The van der Waals surface area contributed by atoms with Gasteiger partial charge in [-0.05, 0) is 56.5 Å². The smallest absolute Gasteiger partial charge is 0.123 e. The monoisotopic (exact) mass is 285 g/mol. The number of rotatable bonds is 2. The predicted octanol–water partition coefficient (Wildman–Crippen LogP) is 4.35. The van der Waals surface area contributed by atoms with E-state index < -0.39 is 6.10 Å². The summed E-state index contributed by atoms with van der Waals surface area (Å²) >= 11 is 0. The Hall–Kier alpha value is -1.87. The van der Waals surface area contributed by atoms with Crippen molar-refractivity contribution in [3.63, 3.8) is 0 Å². The maximum atomic E-state index is 13.5. The topological polar surface area (TPSA) is 23.5 Å². The molecule has 0 bridgehead atoms.